The molecule has 0 aliphatic rings. The van der Waals surface area contributed by atoms with E-state index in [1.165, 1.54) is 6.07 Å². The number of aromatic nitrogens is 2. The molecule has 2 aromatic rings. The third kappa shape index (κ3) is 3.11. The van der Waals surface area contributed by atoms with E-state index < -0.39 is 23.4 Å². The maximum absolute atomic E-state index is 13.4. The van der Waals surface area contributed by atoms with Gasteiger partial charge in [0.2, 0.25) is 0 Å². The van der Waals surface area contributed by atoms with Crippen LogP contribution in [0.1, 0.15) is 22.4 Å². The lowest BCUT2D eigenvalue weighted by molar-refractivity contribution is -0.291. The molecule has 9 heteroatoms. The molecule has 0 unspecified atom stereocenters. The Morgan fingerprint density at radius 3 is 2.43 bits per heavy atom. The molecule has 4 nitrogen and oxygen atoms in total. The summed E-state index contributed by atoms with van der Waals surface area (Å²) >= 11 is 0. The van der Waals surface area contributed by atoms with Crippen molar-refractivity contribution in [2.24, 2.45) is 0 Å². The lowest BCUT2D eigenvalue weighted by Crippen LogP contribution is -2.34. The van der Waals surface area contributed by atoms with Gasteiger partial charge in [0.05, 0.1) is 12.1 Å². The third-order valence-corrected chi connectivity index (χ3v) is 3.21. The van der Waals surface area contributed by atoms with Crippen LogP contribution >= 0.6 is 0 Å². The summed E-state index contributed by atoms with van der Waals surface area (Å²) in [6, 6.07) is 6.16. The first-order chi connectivity index (χ1) is 10.6. The van der Waals surface area contributed by atoms with Crippen LogP contribution in [0.2, 0.25) is 0 Å². The number of nitrogens with zero attached hydrogens (tertiary/aromatic N) is 3. The van der Waals surface area contributed by atoms with E-state index in [0.29, 0.717) is 11.3 Å². The van der Waals surface area contributed by atoms with E-state index in [0.717, 1.165) is 16.4 Å². The van der Waals surface area contributed by atoms with E-state index in [4.69, 9.17) is 11.0 Å². The fourth-order valence-electron chi connectivity index (χ4n) is 1.97. The molecule has 1 heterocycles. The van der Waals surface area contributed by atoms with Crippen molar-refractivity contribution in [2.45, 2.75) is 25.6 Å². The van der Waals surface area contributed by atoms with E-state index in [1.807, 2.05) is 0 Å². The second-order valence-electron chi connectivity index (χ2n) is 4.96. The van der Waals surface area contributed by atoms with Gasteiger partial charge < -0.3 is 5.73 Å². The number of alkyl halides is 5. The number of nitriles is 1. The van der Waals surface area contributed by atoms with E-state index in [-0.39, 0.29) is 6.54 Å². The molecule has 0 saturated carbocycles. The van der Waals surface area contributed by atoms with E-state index >= 15 is 0 Å². The molecule has 0 saturated heterocycles. The van der Waals surface area contributed by atoms with Crippen molar-refractivity contribution in [2.75, 3.05) is 5.73 Å². The lowest BCUT2D eigenvalue weighted by atomic mass is 10.1. The highest BCUT2D eigenvalue weighted by atomic mass is 19.4. The molecular weight excluding hydrogens is 319 g/mol. The van der Waals surface area contributed by atoms with Gasteiger partial charge in [0.1, 0.15) is 6.07 Å². The highest BCUT2D eigenvalue weighted by molar-refractivity contribution is 5.47. The molecule has 0 atom stereocenters. The smallest absolute Gasteiger partial charge is 0.399 e. The van der Waals surface area contributed by atoms with Gasteiger partial charge in [0.15, 0.2) is 5.69 Å². The predicted molar refractivity (Wildman–Crippen MR) is 71.6 cm³/mol. The summed E-state index contributed by atoms with van der Waals surface area (Å²) in [5, 5.41) is 12.0. The van der Waals surface area contributed by atoms with Gasteiger partial charge in [-0.3, -0.25) is 4.68 Å². The van der Waals surface area contributed by atoms with Crippen molar-refractivity contribution in [3.63, 3.8) is 0 Å². The minimum Gasteiger partial charge on any atom is -0.399 e. The van der Waals surface area contributed by atoms with E-state index in [2.05, 4.69) is 5.10 Å². The van der Waals surface area contributed by atoms with Gasteiger partial charge in [-0.05, 0) is 24.1 Å². The molecule has 0 aliphatic carbocycles. The predicted octanol–water partition coefficient (Wildman–Crippen LogP) is 3.35. The topological polar surface area (TPSA) is 67.6 Å². The molecule has 2 N–H and O–H groups in total. The van der Waals surface area contributed by atoms with E-state index in [9.17, 15) is 22.0 Å². The van der Waals surface area contributed by atoms with Crippen LogP contribution in [0, 0.1) is 18.3 Å². The average molecular weight is 330 g/mol. The molecule has 0 bridgehead atoms. The van der Waals surface area contributed by atoms with Crippen LogP contribution in [-0.4, -0.2) is 16.0 Å². The number of nitrogen functional groups attached to an aromatic ring is 1. The monoisotopic (exact) mass is 330 g/mol. The maximum atomic E-state index is 13.4. The molecule has 0 aliphatic heterocycles. The van der Waals surface area contributed by atoms with Crippen molar-refractivity contribution in [3.05, 3.63) is 46.8 Å². The van der Waals surface area contributed by atoms with Gasteiger partial charge in [-0.15, -0.1) is 0 Å². The van der Waals surface area contributed by atoms with Gasteiger partial charge in [0, 0.05) is 11.9 Å². The van der Waals surface area contributed by atoms with Crippen LogP contribution in [0.4, 0.5) is 27.6 Å². The molecule has 0 spiro atoms. The van der Waals surface area contributed by atoms with Gasteiger partial charge in [-0.1, -0.05) is 12.1 Å². The summed E-state index contributed by atoms with van der Waals surface area (Å²) in [5.41, 5.74) is 5.09. The summed E-state index contributed by atoms with van der Waals surface area (Å²) in [5.74, 6) is -5.19. The third-order valence-electron chi connectivity index (χ3n) is 3.21. The number of nitrogens with two attached hydrogens (primary N) is 1. The van der Waals surface area contributed by atoms with Crippen molar-refractivity contribution in [3.8, 4) is 6.07 Å². The highest BCUT2D eigenvalue weighted by Gasteiger charge is 2.61. The fourth-order valence-corrected chi connectivity index (χ4v) is 1.97. The number of hydrogen-bond acceptors (Lipinski definition) is 3. The summed E-state index contributed by atoms with van der Waals surface area (Å²) in [6.45, 7) is 1.66. The summed E-state index contributed by atoms with van der Waals surface area (Å²) in [7, 11) is 0. The Kier molecular flexibility index (Phi) is 4.03. The number of aryl methyl sites for hydroxylation is 1. The molecular formula is C14H11F5N4. The molecule has 0 radical (unpaired) electrons. The zero-order chi connectivity index (χ0) is 17.4. The second-order valence-corrected chi connectivity index (χ2v) is 4.96. The Morgan fingerprint density at radius 1 is 1.26 bits per heavy atom. The van der Waals surface area contributed by atoms with Crippen LogP contribution in [0.15, 0.2) is 24.4 Å². The SMILES string of the molecule is Cc1cc(Cn2cc(C#N)c(C(F)(F)C(F)(F)F)n2)ccc1N. The van der Waals surface area contributed by atoms with Crippen molar-refractivity contribution in [1.29, 1.82) is 5.26 Å². The average Bonchev–Trinajstić information content (AvgIpc) is 2.85. The summed E-state index contributed by atoms with van der Waals surface area (Å²) in [4.78, 5) is 0. The minimum atomic E-state index is -5.82. The number of anilines is 1. The molecule has 122 valence electrons. The minimum absolute atomic E-state index is 0.0657. The van der Waals surface area contributed by atoms with Crippen LogP contribution in [0.25, 0.3) is 0 Å². The number of benzene rings is 1. The van der Waals surface area contributed by atoms with Crippen LogP contribution in [0.5, 0.6) is 0 Å². The Balaban J connectivity index is 2.40. The van der Waals surface area contributed by atoms with Gasteiger partial charge in [0.25, 0.3) is 0 Å². The highest BCUT2D eigenvalue weighted by Crippen LogP contribution is 2.44. The fraction of sp³-hybridized carbons (Fsp3) is 0.286. The number of rotatable bonds is 3. The van der Waals surface area contributed by atoms with Gasteiger partial charge in [-0.25, -0.2) is 0 Å². The van der Waals surface area contributed by atoms with Crippen molar-refractivity contribution >= 4 is 5.69 Å². The zero-order valence-corrected chi connectivity index (χ0v) is 11.8. The standard InChI is InChI=1S/C14H11F5N4/c1-8-4-9(2-3-11(8)21)6-23-7-10(5-20)12(22-23)13(15,16)14(17,18)19/h2-4,7H,6,21H2,1H3. The first-order valence-electron chi connectivity index (χ1n) is 6.34. The lowest BCUT2D eigenvalue weighted by Gasteiger charge is -2.17. The summed E-state index contributed by atoms with van der Waals surface area (Å²) < 4.78 is 65.0. The summed E-state index contributed by atoms with van der Waals surface area (Å²) in [6.07, 6.45) is -4.96. The molecule has 1 aromatic heterocycles. The van der Waals surface area contributed by atoms with Crippen molar-refractivity contribution < 1.29 is 22.0 Å². The number of hydrogen-bond donors (Lipinski definition) is 1. The molecule has 2 rings (SSSR count). The molecule has 0 amide bonds. The zero-order valence-electron chi connectivity index (χ0n) is 11.8. The number of halogens is 5. The Bertz CT molecular complexity index is 770. The first-order valence-corrected chi connectivity index (χ1v) is 6.34. The van der Waals surface area contributed by atoms with Gasteiger partial charge >= 0.3 is 12.1 Å². The Labute approximate surface area is 127 Å². The molecule has 0 fully saturated rings. The Hall–Kier alpha value is -2.63. The van der Waals surface area contributed by atoms with Crippen LogP contribution < -0.4 is 5.73 Å². The van der Waals surface area contributed by atoms with Crippen LogP contribution in [-0.2, 0) is 12.5 Å². The maximum Gasteiger partial charge on any atom is 0.459 e. The van der Waals surface area contributed by atoms with E-state index in [1.54, 1.807) is 25.1 Å². The molecule has 23 heavy (non-hydrogen) atoms. The Morgan fingerprint density at radius 2 is 1.91 bits per heavy atom. The van der Waals surface area contributed by atoms with Crippen molar-refractivity contribution in [1.82, 2.24) is 9.78 Å². The second kappa shape index (κ2) is 5.53. The molecule has 1 aromatic carbocycles. The normalized spacial score (nSPS) is 12.2. The quantitative estimate of drug-likeness (QED) is 0.693. The largest absolute Gasteiger partial charge is 0.459 e. The first kappa shape index (κ1) is 16.7. The van der Waals surface area contributed by atoms with Gasteiger partial charge in [-0.2, -0.15) is 32.3 Å². The van der Waals surface area contributed by atoms with Crippen LogP contribution in [0.3, 0.4) is 0 Å².